The van der Waals surface area contributed by atoms with Crippen molar-refractivity contribution < 1.29 is 28.7 Å². The summed E-state index contributed by atoms with van der Waals surface area (Å²) >= 11 is 0. The van der Waals surface area contributed by atoms with Gasteiger partial charge < -0.3 is 9.47 Å². The molecule has 184 valence electrons. The van der Waals surface area contributed by atoms with Crippen LogP contribution < -0.4 is 9.64 Å². The van der Waals surface area contributed by atoms with Crippen molar-refractivity contribution in [2.75, 3.05) is 31.7 Å². The summed E-state index contributed by atoms with van der Waals surface area (Å²) in [5.74, 6) is 0.128. The van der Waals surface area contributed by atoms with Gasteiger partial charge in [0.2, 0.25) is 5.91 Å². The Bertz CT molecular complexity index is 1100. The summed E-state index contributed by atoms with van der Waals surface area (Å²) in [5.41, 5.74) is 1.06. The highest BCUT2D eigenvalue weighted by Crippen LogP contribution is 2.30. The Morgan fingerprint density at radius 2 is 1.51 bits per heavy atom. The van der Waals surface area contributed by atoms with E-state index in [0.717, 1.165) is 19.5 Å². The van der Waals surface area contributed by atoms with Crippen molar-refractivity contribution in [1.82, 2.24) is 4.90 Å². The van der Waals surface area contributed by atoms with Crippen LogP contribution >= 0.6 is 0 Å². The topological polar surface area (TPSA) is 93.2 Å². The van der Waals surface area contributed by atoms with Crippen molar-refractivity contribution in [1.29, 1.82) is 0 Å². The second kappa shape index (κ2) is 10.4. The molecule has 2 amide bonds. The van der Waals surface area contributed by atoms with Crippen molar-refractivity contribution in [2.45, 2.75) is 32.7 Å². The third-order valence-corrected chi connectivity index (χ3v) is 6.57. The third-order valence-electron chi connectivity index (χ3n) is 6.57. The number of imide groups is 1. The lowest BCUT2D eigenvalue weighted by Gasteiger charge is -2.37. The number of rotatable bonds is 7. The zero-order valence-corrected chi connectivity index (χ0v) is 20.2. The maximum atomic E-state index is 13.1. The predicted octanol–water partition coefficient (Wildman–Crippen LogP) is 3.34. The van der Waals surface area contributed by atoms with E-state index < -0.39 is 18.6 Å². The van der Waals surface area contributed by atoms with E-state index in [0.29, 0.717) is 28.8 Å². The molecule has 3 unspecified atom stereocenters. The van der Waals surface area contributed by atoms with Crippen LogP contribution in [0.3, 0.4) is 0 Å². The van der Waals surface area contributed by atoms with Gasteiger partial charge >= 0.3 is 5.97 Å². The lowest BCUT2D eigenvalue weighted by atomic mass is 9.90. The summed E-state index contributed by atoms with van der Waals surface area (Å²) < 4.78 is 10.2. The van der Waals surface area contributed by atoms with Crippen LogP contribution in [0.4, 0.5) is 5.69 Å². The molecule has 2 aromatic carbocycles. The number of likely N-dealkylation sites (tertiary alicyclic amines) is 1. The Kier molecular flexibility index (Phi) is 7.31. The van der Waals surface area contributed by atoms with Gasteiger partial charge in [0, 0.05) is 18.7 Å². The smallest absolute Gasteiger partial charge is 0.338 e. The molecule has 3 atom stereocenters. The number of benzene rings is 2. The largest absolute Gasteiger partial charge is 0.497 e. The second-order valence-electron chi connectivity index (χ2n) is 9.46. The van der Waals surface area contributed by atoms with E-state index in [4.69, 9.17) is 9.47 Å². The number of esters is 1. The molecule has 0 saturated carbocycles. The number of piperidine rings is 1. The molecule has 0 aromatic heterocycles. The molecule has 2 aliphatic heterocycles. The summed E-state index contributed by atoms with van der Waals surface area (Å²) in [4.78, 5) is 53.9. The van der Waals surface area contributed by atoms with Crippen molar-refractivity contribution in [2.24, 2.45) is 11.8 Å². The van der Waals surface area contributed by atoms with Crippen molar-refractivity contribution in [3.05, 3.63) is 59.7 Å². The number of nitrogens with zero attached hydrogens (tertiary/aromatic N) is 2. The second-order valence-corrected chi connectivity index (χ2v) is 9.46. The molecule has 0 aliphatic carbocycles. The van der Waals surface area contributed by atoms with Gasteiger partial charge in [0.1, 0.15) is 5.75 Å². The van der Waals surface area contributed by atoms with Gasteiger partial charge in [-0.05, 0) is 66.8 Å². The van der Waals surface area contributed by atoms with Crippen LogP contribution in [0.25, 0.3) is 0 Å². The van der Waals surface area contributed by atoms with Crippen LogP contribution in [0.1, 0.15) is 47.4 Å². The number of Topliss-reactive ketones (excluding diaryl/α,β-unsaturated/α-hetero) is 1. The highest BCUT2D eigenvalue weighted by Gasteiger charge is 2.44. The molecule has 2 aromatic rings. The van der Waals surface area contributed by atoms with Crippen molar-refractivity contribution >= 4 is 29.3 Å². The van der Waals surface area contributed by atoms with Crippen molar-refractivity contribution in [3.63, 3.8) is 0 Å². The average molecular weight is 479 g/mol. The lowest BCUT2D eigenvalue weighted by molar-refractivity contribution is -0.123. The van der Waals surface area contributed by atoms with Crippen LogP contribution in [0.5, 0.6) is 5.75 Å². The van der Waals surface area contributed by atoms with E-state index >= 15 is 0 Å². The van der Waals surface area contributed by atoms with Crippen molar-refractivity contribution in [3.8, 4) is 5.75 Å². The Balaban J connectivity index is 1.37. The molecule has 4 rings (SSSR count). The summed E-state index contributed by atoms with van der Waals surface area (Å²) in [6.45, 7) is 5.56. The normalized spacial score (nSPS) is 22.8. The molecule has 8 heteroatoms. The Morgan fingerprint density at radius 1 is 0.914 bits per heavy atom. The fourth-order valence-electron chi connectivity index (χ4n) is 4.96. The number of methoxy groups -OCH3 is 1. The lowest BCUT2D eigenvalue weighted by Crippen LogP contribution is -2.48. The van der Waals surface area contributed by atoms with Gasteiger partial charge in [-0.1, -0.05) is 13.8 Å². The number of ketones is 1. The molecule has 2 aliphatic rings. The molecule has 2 fully saturated rings. The summed E-state index contributed by atoms with van der Waals surface area (Å²) in [6.07, 6.45) is 1.29. The maximum absolute atomic E-state index is 13.1. The summed E-state index contributed by atoms with van der Waals surface area (Å²) in [7, 11) is 1.54. The van der Waals surface area contributed by atoms with E-state index in [-0.39, 0.29) is 29.6 Å². The molecule has 0 radical (unpaired) electrons. The van der Waals surface area contributed by atoms with E-state index in [1.54, 1.807) is 36.4 Å². The van der Waals surface area contributed by atoms with Gasteiger partial charge in [0.15, 0.2) is 12.4 Å². The highest BCUT2D eigenvalue weighted by atomic mass is 16.5. The number of carbonyl (C=O) groups is 4. The molecule has 0 N–H and O–H groups in total. The van der Waals surface area contributed by atoms with Gasteiger partial charge in [0.05, 0.1) is 30.8 Å². The number of hydrogen-bond acceptors (Lipinski definition) is 7. The maximum Gasteiger partial charge on any atom is 0.338 e. The Morgan fingerprint density at radius 3 is 2.11 bits per heavy atom. The van der Waals surface area contributed by atoms with Gasteiger partial charge in [-0.15, -0.1) is 0 Å². The number of anilines is 1. The predicted molar refractivity (Wildman–Crippen MR) is 129 cm³/mol. The van der Waals surface area contributed by atoms with E-state index in [1.807, 2.05) is 0 Å². The summed E-state index contributed by atoms with van der Waals surface area (Å²) in [5, 5.41) is 0. The van der Waals surface area contributed by atoms with Gasteiger partial charge in [-0.25, -0.2) is 9.69 Å². The monoisotopic (exact) mass is 478 g/mol. The van der Waals surface area contributed by atoms with Gasteiger partial charge in [-0.3, -0.25) is 19.3 Å². The first kappa shape index (κ1) is 24.6. The Hall–Kier alpha value is -3.52. The highest BCUT2D eigenvalue weighted by molar-refractivity contribution is 6.22. The quantitative estimate of drug-likeness (QED) is 0.342. The summed E-state index contributed by atoms with van der Waals surface area (Å²) in [6, 6.07) is 12.2. The van der Waals surface area contributed by atoms with Crippen LogP contribution in [-0.2, 0) is 14.3 Å². The number of carbonyl (C=O) groups excluding carboxylic acids is 4. The third kappa shape index (κ3) is 5.43. The van der Waals surface area contributed by atoms with Gasteiger partial charge in [0.25, 0.3) is 5.91 Å². The zero-order valence-electron chi connectivity index (χ0n) is 20.2. The fraction of sp³-hybridized carbons (Fsp3) is 0.407. The molecule has 2 saturated heterocycles. The molecule has 2 heterocycles. The molecule has 35 heavy (non-hydrogen) atoms. The van der Waals surface area contributed by atoms with Crippen LogP contribution in [-0.4, -0.2) is 61.3 Å². The minimum absolute atomic E-state index is 0.162. The van der Waals surface area contributed by atoms with Crippen LogP contribution in [0.2, 0.25) is 0 Å². The van der Waals surface area contributed by atoms with Crippen LogP contribution in [0, 0.1) is 11.8 Å². The molecule has 0 spiro atoms. The molecular weight excluding hydrogens is 448 g/mol. The zero-order chi connectivity index (χ0) is 25.1. The standard InChI is InChI=1S/C27H30N2O6/c1-17-12-18(2)15-28(14-17)23-13-25(31)29(26(23)32)21-8-4-20(5-9-21)27(33)35-16-24(30)19-6-10-22(34-3)11-7-19/h4-11,17-18,23H,12-16H2,1-3H3. The Labute approximate surface area is 204 Å². The minimum Gasteiger partial charge on any atom is -0.497 e. The van der Waals surface area contributed by atoms with E-state index in [1.165, 1.54) is 24.1 Å². The van der Waals surface area contributed by atoms with Gasteiger partial charge in [-0.2, -0.15) is 0 Å². The number of hydrogen-bond donors (Lipinski definition) is 0. The average Bonchev–Trinajstić information content (AvgIpc) is 3.15. The van der Waals surface area contributed by atoms with E-state index in [2.05, 4.69) is 18.7 Å². The number of amides is 2. The van der Waals surface area contributed by atoms with E-state index in [9.17, 15) is 19.2 Å². The first-order valence-corrected chi connectivity index (χ1v) is 11.8. The fourth-order valence-corrected chi connectivity index (χ4v) is 4.96. The molecule has 0 bridgehead atoms. The molecular formula is C27H30N2O6. The number of ether oxygens (including phenoxy) is 2. The SMILES string of the molecule is COc1ccc(C(=O)COC(=O)c2ccc(N3C(=O)CC(N4CC(C)CC(C)C4)C3=O)cc2)cc1. The first-order valence-electron chi connectivity index (χ1n) is 11.8. The van der Waals surface area contributed by atoms with Crippen LogP contribution in [0.15, 0.2) is 48.5 Å². The minimum atomic E-state index is -0.661. The molecule has 8 nitrogen and oxygen atoms in total. The first-order chi connectivity index (χ1) is 16.8.